The van der Waals surface area contributed by atoms with E-state index in [-0.39, 0.29) is 18.0 Å². The molecule has 0 aromatic carbocycles. The first-order valence-corrected chi connectivity index (χ1v) is 5.72. The van der Waals surface area contributed by atoms with E-state index in [1.807, 2.05) is 0 Å². The Bertz CT molecular complexity index is 445. The van der Waals surface area contributed by atoms with E-state index in [9.17, 15) is 13.2 Å². The number of hydrogen-bond donors (Lipinski definition) is 1. The van der Waals surface area contributed by atoms with Crippen molar-refractivity contribution < 1.29 is 13.2 Å². The Labute approximate surface area is 107 Å². The van der Waals surface area contributed by atoms with Crippen molar-refractivity contribution in [3.05, 3.63) is 18.1 Å². The first kappa shape index (κ1) is 13.0. The summed E-state index contributed by atoms with van der Waals surface area (Å²) < 4.78 is 37.6. The number of nitrogens with zero attached hydrogens (tertiary/aromatic N) is 3. The van der Waals surface area contributed by atoms with Gasteiger partial charge < -0.3 is 10.6 Å². The van der Waals surface area contributed by atoms with E-state index in [0.717, 1.165) is 0 Å². The zero-order valence-corrected chi connectivity index (χ0v) is 10.1. The first-order chi connectivity index (χ1) is 8.38. The highest BCUT2D eigenvalue weighted by Crippen LogP contribution is 2.34. The van der Waals surface area contributed by atoms with E-state index in [1.54, 1.807) is 4.90 Å². The quantitative estimate of drug-likeness (QED) is 0.830. The van der Waals surface area contributed by atoms with Gasteiger partial charge in [-0.15, -0.1) is 0 Å². The molecule has 0 amide bonds. The first-order valence-electron chi connectivity index (χ1n) is 5.31. The van der Waals surface area contributed by atoms with Crippen LogP contribution in [0, 0.1) is 5.92 Å². The van der Waals surface area contributed by atoms with Crippen LogP contribution < -0.4 is 10.6 Å². The van der Waals surface area contributed by atoms with Gasteiger partial charge in [0.1, 0.15) is 16.5 Å². The summed E-state index contributed by atoms with van der Waals surface area (Å²) in [6.45, 7) is 0.246. The summed E-state index contributed by atoms with van der Waals surface area (Å²) >= 11 is 4.72. The molecule has 1 aromatic heterocycles. The summed E-state index contributed by atoms with van der Waals surface area (Å²) in [4.78, 5) is 9.66. The molecule has 0 bridgehead atoms. The molecule has 1 unspecified atom stereocenters. The van der Waals surface area contributed by atoms with E-state index >= 15 is 0 Å². The second kappa shape index (κ2) is 4.68. The Morgan fingerprint density at radius 2 is 2.11 bits per heavy atom. The molecule has 98 valence electrons. The molecule has 0 saturated carbocycles. The van der Waals surface area contributed by atoms with Gasteiger partial charge in [0.15, 0.2) is 0 Å². The van der Waals surface area contributed by atoms with Crippen LogP contribution >= 0.6 is 12.2 Å². The maximum absolute atomic E-state index is 12.5. The number of nitrogens with two attached hydrogens (primary N) is 1. The minimum atomic E-state index is -4.15. The molecule has 2 rings (SSSR count). The van der Waals surface area contributed by atoms with Gasteiger partial charge in [0, 0.05) is 13.1 Å². The zero-order valence-electron chi connectivity index (χ0n) is 9.31. The molecular formula is C10H11F3N4S. The maximum Gasteiger partial charge on any atom is 0.393 e. The lowest BCUT2D eigenvalue weighted by atomic mass is 10.1. The van der Waals surface area contributed by atoms with Gasteiger partial charge in [-0.1, -0.05) is 12.2 Å². The number of anilines is 1. The molecule has 1 atom stereocenters. The Kier molecular flexibility index (Phi) is 3.38. The monoisotopic (exact) mass is 276 g/mol. The van der Waals surface area contributed by atoms with Crippen LogP contribution in [0.4, 0.5) is 19.0 Å². The van der Waals surface area contributed by atoms with Gasteiger partial charge in [0.2, 0.25) is 0 Å². The molecule has 4 nitrogen and oxygen atoms in total. The fourth-order valence-electron chi connectivity index (χ4n) is 1.85. The molecule has 1 aliphatic rings. The molecule has 0 aliphatic carbocycles. The fraction of sp³-hybridized carbons (Fsp3) is 0.500. The van der Waals surface area contributed by atoms with E-state index in [4.69, 9.17) is 18.0 Å². The molecule has 2 heterocycles. The van der Waals surface area contributed by atoms with Gasteiger partial charge in [-0.2, -0.15) is 13.2 Å². The second-order valence-corrected chi connectivity index (χ2v) is 4.54. The van der Waals surface area contributed by atoms with E-state index in [0.29, 0.717) is 18.1 Å². The number of thiocarbonyl (C=S) groups is 1. The van der Waals surface area contributed by atoms with Gasteiger partial charge in [-0.3, -0.25) is 0 Å². The third-order valence-corrected chi connectivity index (χ3v) is 3.07. The number of halogens is 3. The smallest absolute Gasteiger partial charge is 0.388 e. The largest absolute Gasteiger partial charge is 0.393 e. The van der Waals surface area contributed by atoms with E-state index in [2.05, 4.69) is 9.97 Å². The summed E-state index contributed by atoms with van der Waals surface area (Å²) in [5.74, 6) is -0.878. The average Bonchev–Trinajstić information content (AvgIpc) is 2.78. The lowest BCUT2D eigenvalue weighted by Crippen LogP contribution is -2.28. The molecule has 1 fully saturated rings. The lowest BCUT2D eigenvalue weighted by Gasteiger charge is -2.18. The number of hydrogen-bond acceptors (Lipinski definition) is 4. The van der Waals surface area contributed by atoms with E-state index < -0.39 is 12.1 Å². The van der Waals surface area contributed by atoms with Gasteiger partial charge in [0.25, 0.3) is 0 Å². The van der Waals surface area contributed by atoms with Crippen LogP contribution in [0.25, 0.3) is 0 Å². The summed E-state index contributed by atoms with van der Waals surface area (Å²) in [5.41, 5.74) is 5.72. The van der Waals surface area contributed by atoms with E-state index in [1.165, 1.54) is 12.4 Å². The predicted molar refractivity (Wildman–Crippen MR) is 64.3 cm³/mol. The number of rotatable bonds is 2. The van der Waals surface area contributed by atoms with Gasteiger partial charge in [-0.05, 0) is 6.42 Å². The van der Waals surface area contributed by atoms with Gasteiger partial charge in [0.05, 0.1) is 18.3 Å². The molecule has 1 saturated heterocycles. The summed E-state index contributed by atoms with van der Waals surface area (Å²) in [7, 11) is 0. The molecule has 1 aromatic rings. The van der Waals surface area contributed by atoms with Crippen LogP contribution in [0.5, 0.6) is 0 Å². The Morgan fingerprint density at radius 3 is 2.56 bits per heavy atom. The van der Waals surface area contributed by atoms with Crippen LogP contribution in [0.2, 0.25) is 0 Å². The van der Waals surface area contributed by atoms with Gasteiger partial charge >= 0.3 is 6.18 Å². The van der Waals surface area contributed by atoms with Crippen LogP contribution in [0.1, 0.15) is 12.1 Å². The van der Waals surface area contributed by atoms with Gasteiger partial charge in [-0.25, -0.2) is 9.97 Å². The van der Waals surface area contributed by atoms with Crippen molar-refractivity contribution in [2.45, 2.75) is 12.6 Å². The minimum Gasteiger partial charge on any atom is -0.388 e. The maximum atomic E-state index is 12.5. The summed E-state index contributed by atoms with van der Waals surface area (Å²) in [5, 5.41) is 0. The average molecular weight is 276 g/mol. The number of aromatic nitrogens is 2. The normalized spacial score (nSPS) is 20.2. The molecule has 1 aliphatic heterocycles. The molecule has 2 N–H and O–H groups in total. The SMILES string of the molecule is NC(=S)c1cnc(N2CCC(C(F)(F)F)C2)cn1. The molecule has 8 heteroatoms. The Morgan fingerprint density at radius 1 is 1.39 bits per heavy atom. The fourth-order valence-corrected chi connectivity index (χ4v) is 1.95. The lowest BCUT2D eigenvalue weighted by molar-refractivity contribution is -0.168. The van der Waals surface area contributed by atoms with Crippen LogP contribution in [-0.2, 0) is 0 Å². The van der Waals surface area contributed by atoms with Crippen molar-refractivity contribution in [1.82, 2.24) is 9.97 Å². The molecule has 18 heavy (non-hydrogen) atoms. The highest BCUT2D eigenvalue weighted by molar-refractivity contribution is 7.80. The van der Waals surface area contributed by atoms with Crippen LogP contribution in [0.15, 0.2) is 12.4 Å². The van der Waals surface area contributed by atoms with Crippen LogP contribution in [-0.4, -0.2) is 34.2 Å². The van der Waals surface area contributed by atoms with Crippen molar-refractivity contribution in [1.29, 1.82) is 0 Å². The molecule has 0 spiro atoms. The van der Waals surface area contributed by atoms with Crippen molar-refractivity contribution >= 4 is 23.0 Å². The Hall–Kier alpha value is -1.44. The van der Waals surface area contributed by atoms with Crippen molar-refractivity contribution in [2.75, 3.05) is 18.0 Å². The standard InChI is InChI=1S/C10H11F3N4S/c11-10(12,13)6-1-2-17(5-6)8-4-15-7(3-16-8)9(14)18/h3-4,6H,1-2,5H2,(H2,14,18). The zero-order chi connectivity index (χ0) is 13.3. The summed E-state index contributed by atoms with van der Waals surface area (Å²) in [6.07, 6.45) is -1.30. The third kappa shape index (κ3) is 2.69. The predicted octanol–water partition coefficient (Wildman–Crippen LogP) is 1.50. The third-order valence-electron chi connectivity index (χ3n) is 2.87. The van der Waals surface area contributed by atoms with Crippen LogP contribution in [0.3, 0.4) is 0 Å². The highest BCUT2D eigenvalue weighted by atomic mass is 32.1. The molecular weight excluding hydrogens is 265 g/mol. The van der Waals surface area contributed by atoms with Crippen molar-refractivity contribution in [2.24, 2.45) is 11.7 Å². The summed E-state index contributed by atoms with van der Waals surface area (Å²) in [6, 6.07) is 0. The minimum absolute atomic E-state index is 0.0788. The highest BCUT2D eigenvalue weighted by Gasteiger charge is 2.43. The van der Waals surface area contributed by atoms with Crippen molar-refractivity contribution in [3.63, 3.8) is 0 Å². The number of alkyl halides is 3. The molecule has 0 radical (unpaired) electrons. The Balaban J connectivity index is 2.08. The topological polar surface area (TPSA) is 55.0 Å². The van der Waals surface area contributed by atoms with Crippen molar-refractivity contribution in [3.8, 4) is 0 Å². The second-order valence-electron chi connectivity index (χ2n) is 4.10.